The van der Waals surface area contributed by atoms with Gasteiger partial charge in [0.1, 0.15) is 17.7 Å². The molecule has 1 aromatic heterocycles. The summed E-state index contributed by atoms with van der Waals surface area (Å²) in [5.74, 6) is 0.505. The summed E-state index contributed by atoms with van der Waals surface area (Å²) in [7, 11) is 0. The highest BCUT2D eigenvalue weighted by atomic mass is 19.1. The molecule has 116 valence electrons. The molecule has 0 atom stereocenters. The van der Waals surface area contributed by atoms with Crippen LogP contribution in [0.15, 0.2) is 36.7 Å². The van der Waals surface area contributed by atoms with Crippen molar-refractivity contribution in [3.05, 3.63) is 53.9 Å². The Kier molecular flexibility index (Phi) is 4.63. The predicted octanol–water partition coefficient (Wildman–Crippen LogP) is 2.97. The quantitative estimate of drug-likeness (QED) is 0.870. The fourth-order valence-corrected chi connectivity index (χ4v) is 2.62. The predicted molar refractivity (Wildman–Crippen MR) is 82.1 cm³/mol. The largest absolute Gasteiger partial charge is 0.490 e. The van der Waals surface area contributed by atoms with E-state index in [4.69, 9.17) is 4.74 Å². The highest BCUT2D eigenvalue weighted by Crippen LogP contribution is 2.20. The van der Waals surface area contributed by atoms with Crippen LogP contribution in [0.2, 0.25) is 0 Å². The van der Waals surface area contributed by atoms with E-state index in [2.05, 4.69) is 14.9 Å². The van der Waals surface area contributed by atoms with E-state index in [9.17, 15) is 4.39 Å². The molecule has 0 amide bonds. The Morgan fingerprint density at radius 2 is 1.86 bits per heavy atom. The molecule has 4 nitrogen and oxygen atoms in total. The maximum absolute atomic E-state index is 12.9. The van der Waals surface area contributed by atoms with Gasteiger partial charge in [-0.05, 0) is 44.0 Å². The lowest BCUT2D eigenvalue weighted by Crippen LogP contribution is -2.38. The smallest absolute Gasteiger partial charge is 0.123 e. The second-order valence-electron chi connectivity index (χ2n) is 5.70. The van der Waals surface area contributed by atoms with Crippen LogP contribution in [0.5, 0.6) is 5.75 Å². The monoisotopic (exact) mass is 301 g/mol. The molecule has 0 aliphatic carbocycles. The zero-order chi connectivity index (χ0) is 15.4. The number of piperidine rings is 1. The summed E-state index contributed by atoms with van der Waals surface area (Å²) >= 11 is 0. The molecule has 0 unspecified atom stereocenters. The van der Waals surface area contributed by atoms with E-state index in [-0.39, 0.29) is 11.9 Å². The lowest BCUT2D eigenvalue weighted by Gasteiger charge is -2.31. The number of hydrogen-bond donors (Lipinski definition) is 0. The van der Waals surface area contributed by atoms with Crippen LogP contribution in [0.25, 0.3) is 0 Å². The van der Waals surface area contributed by atoms with Gasteiger partial charge >= 0.3 is 0 Å². The van der Waals surface area contributed by atoms with Crippen molar-refractivity contribution in [3.63, 3.8) is 0 Å². The summed E-state index contributed by atoms with van der Waals surface area (Å²) in [5, 5.41) is 0. The standard InChI is InChI=1S/C17H20FN3O/c1-13-10-20-15(11-19-13)12-21-8-6-17(7-9-21)22-16-4-2-14(18)3-5-16/h2-5,10-11,17H,6-9,12H2,1H3. The zero-order valence-electron chi connectivity index (χ0n) is 12.7. The summed E-state index contributed by atoms with van der Waals surface area (Å²) < 4.78 is 18.8. The summed E-state index contributed by atoms with van der Waals surface area (Å²) in [6, 6.07) is 6.23. The van der Waals surface area contributed by atoms with Crippen molar-refractivity contribution in [2.75, 3.05) is 13.1 Å². The lowest BCUT2D eigenvalue weighted by atomic mass is 10.1. The number of aryl methyl sites for hydroxylation is 1. The minimum atomic E-state index is -0.235. The van der Waals surface area contributed by atoms with Crippen molar-refractivity contribution >= 4 is 0 Å². The van der Waals surface area contributed by atoms with Gasteiger partial charge in [-0.15, -0.1) is 0 Å². The molecule has 1 fully saturated rings. The number of aromatic nitrogens is 2. The molecule has 1 saturated heterocycles. The Morgan fingerprint density at radius 3 is 2.50 bits per heavy atom. The van der Waals surface area contributed by atoms with E-state index >= 15 is 0 Å². The third kappa shape index (κ3) is 4.01. The van der Waals surface area contributed by atoms with Gasteiger partial charge in [-0.3, -0.25) is 14.9 Å². The number of rotatable bonds is 4. The van der Waals surface area contributed by atoms with E-state index in [0.29, 0.717) is 0 Å². The van der Waals surface area contributed by atoms with Gasteiger partial charge in [-0.1, -0.05) is 0 Å². The molecule has 0 radical (unpaired) electrons. The fourth-order valence-electron chi connectivity index (χ4n) is 2.62. The zero-order valence-corrected chi connectivity index (χ0v) is 12.7. The number of likely N-dealkylation sites (tertiary alicyclic amines) is 1. The molecular formula is C17H20FN3O. The summed E-state index contributed by atoms with van der Waals surface area (Å²) in [5.41, 5.74) is 1.94. The number of benzene rings is 1. The van der Waals surface area contributed by atoms with Crippen molar-refractivity contribution in [3.8, 4) is 5.75 Å². The van der Waals surface area contributed by atoms with Gasteiger partial charge in [0, 0.05) is 32.0 Å². The van der Waals surface area contributed by atoms with E-state index in [0.717, 1.165) is 49.6 Å². The second kappa shape index (κ2) is 6.83. The normalized spacial score (nSPS) is 16.6. The Balaban J connectivity index is 1.47. The van der Waals surface area contributed by atoms with E-state index in [1.807, 2.05) is 13.1 Å². The summed E-state index contributed by atoms with van der Waals surface area (Å²) in [6.45, 7) is 4.72. The fraction of sp³-hybridized carbons (Fsp3) is 0.412. The molecule has 0 spiro atoms. The minimum Gasteiger partial charge on any atom is -0.490 e. The molecule has 22 heavy (non-hydrogen) atoms. The Labute approximate surface area is 130 Å². The van der Waals surface area contributed by atoms with Gasteiger partial charge in [0.15, 0.2) is 0 Å². The average molecular weight is 301 g/mol. The SMILES string of the molecule is Cc1cnc(CN2CCC(Oc3ccc(F)cc3)CC2)cn1. The molecule has 2 heterocycles. The van der Waals surface area contributed by atoms with Gasteiger partial charge < -0.3 is 4.74 Å². The summed E-state index contributed by atoms with van der Waals surface area (Å²) in [4.78, 5) is 11.0. The van der Waals surface area contributed by atoms with Crippen LogP contribution < -0.4 is 4.74 Å². The minimum absolute atomic E-state index is 0.200. The van der Waals surface area contributed by atoms with Crippen molar-refractivity contribution in [1.82, 2.24) is 14.9 Å². The third-order valence-electron chi connectivity index (χ3n) is 3.87. The van der Waals surface area contributed by atoms with Crippen LogP contribution >= 0.6 is 0 Å². The van der Waals surface area contributed by atoms with E-state index < -0.39 is 0 Å². The van der Waals surface area contributed by atoms with Gasteiger partial charge in [0.05, 0.1) is 11.4 Å². The number of hydrogen-bond acceptors (Lipinski definition) is 4. The first-order valence-corrected chi connectivity index (χ1v) is 7.61. The van der Waals surface area contributed by atoms with Crippen LogP contribution in [0.4, 0.5) is 4.39 Å². The number of ether oxygens (including phenoxy) is 1. The first-order chi connectivity index (χ1) is 10.7. The molecule has 1 aliphatic rings. The van der Waals surface area contributed by atoms with Gasteiger partial charge in [-0.2, -0.15) is 0 Å². The maximum Gasteiger partial charge on any atom is 0.123 e. The van der Waals surface area contributed by atoms with Crippen LogP contribution in [0, 0.1) is 12.7 Å². The first-order valence-electron chi connectivity index (χ1n) is 7.61. The second-order valence-corrected chi connectivity index (χ2v) is 5.70. The Hall–Kier alpha value is -2.01. The maximum atomic E-state index is 12.9. The van der Waals surface area contributed by atoms with Crippen LogP contribution in [0.1, 0.15) is 24.2 Å². The van der Waals surface area contributed by atoms with Crippen molar-refractivity contribution in [2.45, 2.75) is 32.4 Å². The van der Waals surface area contributed by atoms with Crippen LogP contribution in [-0.4, -0.2) is 34.1 Å². The highest BCUT2D eigenvalue weighted by Gasteiger charge is 2.20. The Morgan fingerprint density at radius 1 is 1.14 bits per heavy atom. The molecule has 0 N–H and O–H groups in total. The number of nitrogens with zero attached hydrogens (tertiary/aromatic N) is 3. The highest BCUT2D eigenvalue weighted by molar-refractivity contribution is 5.22. The van der Waals surface area contributed by atoms with E-state index in [1.54, 1.807) is 18.3 Å². The van der Waals surface area contributed by atoms with Crippen molar-refractivity contribution in [1.29, 1.82) is 0 Å². The van der Waals surface area contributed by atoms with Crippen LogP contribution in [-0.2, 0) is 6.54 Å². The lowest BCUT2D eigenvalue weighted by molar-refractivity contribution is 0.0960. The number of halogens is 1. The van der Waals surface area contributed by atoms with Crippen molar-refractivity contribution in [2.24, 2.45) is 0 Å². The average Bonchev–Trinajstić information content (AvgIpc) is 2.54. The first kappa shape index (κ1) is 14.9. The van der Waals surface area contributed by atoms with E-state index in [1.165, 1.54) is 12.1 Å². The van der Waals surface area contributed by atoms with Crippen molar-refractivity contribution < 1.29 is 9.13 Å². The van der Waals surface area contributed by atoms with Crippen LogP contribution in [0.3, 0.4) is 0 Å². The molecule has 5 heteroatoms. The van der Waals surface area contributed by atoms with Gasteiger partial charge in [0.25, 0.3) is 0 Å². The molecule has 0 saturated carbocycles. The third-order valence-corrected chi connectivity index (χ3v) is 3.87. The molecular weight excluding hydrogens is 281 g/mol. The Bertz CT molecular complexity index is 537. The van der Waals surface area contributed by atoms with Gasteiger partial charge in [-0.25, -0.2) is 4.39 Å². The topological polar surface area (TPSA) is 38.2 Å². The van der Waals surface area contributed by atoms with Gasteiger partial charge in [0.2, 0.25) is 0 Å². The molecule has 1 aromatic carbocycles. The summed E-state index contributed by atoms with van der Waals surface area (Å²) in [6.07, 6.45) is 5.79. The molecule has 0 bridgehead atoms. The molecule has 1 aliphatic heterocycles. The molecule has 3 rings (SSSR count). The molecule has 2 aromatic rings.